The molecule has 19 heavy (non-hydrogen) atoms. The molecule has 2 aromatic rings. The lowest BCUT2D eigenvalue weighted by molar-refractivity contribution is 0.0131. The van der Waals surface area contributed by atoms with Crippen LogP contribution in [0.15, 0.2) is 24.4 Å². The number of carbonyl (C=O) groups is 1. The highest BCUT2D eigenvalue weighted by atomic mass is 16.4. The second-order valence-corrected chi connectivity index (χ2v) is 4.55. The molecule has 0 saturated heterocycles. The number of fused-ring (bicyclic) bond motifs is 1. The second-order valence-electron chi connectivity index (χ2n) is 4.55. The van der Waals surface area contributed by atoms with Crippen molar-refractivity contribution in [3.63, 3.8) is 0 Å². The fraction of sp³-hybridized carbons (Fsp3) is 0.333. The Morgan fingerprint density at radius 1 is 1.53 bits per heavy atom. The summed E-state index contributed by atoms with van der Waals surface area (Å²) in [5, 5.41) is 30.6. The number of aliphatic hydroxyl groups excluding tert-OH is 1. The summed E-state index contributed by atoms with van der Waals surface area (Å²) in [6.07, 6.45) is 1.60. The Hall–Kier alpha value is -2.12. The number of hydrogen-bond donors (Lipinski definition) is 4. The first-order chi connectivity index (χ1) is 8.94. The smallest absolute Gasteiger partial charge is 0.356 e. The first-order valence-electron chi connectivity index (χ1n) is 5.72. The van der Waals surface area contributed by atoms with Crippen molar-refractivity contribution in [2.24, 2.45) is 0 Å². The molecule has 0 saturated carbocycles. The zero-order valence-electron chi connectivity index (χ0n) is 10.4. The van der Waals surface area contributed by atoms with Crippen molar-refractivity contribution in [1.29, 1.82) is 0 Å². The maximum Gasteiger partial charge on any atom is 0.356 e. The van der Waals surface area contributed by atoms with E-state index in [2.05, 4.69) is 10.3 Å². The van der Waals surface area contributed by atoms with Crippen molar-refractivity contribution in [2.45, 2.75) is 12.5 Å². The number of carboxylic acids is 1. The first kappa shape index (κ1) is 13.3. The second kappa shape index (κ2) is 4.87. The molecule has 0 bridgehead atoms. The molecule has 7 nitrogen and oxygen atoms in total. The van der Waals surface area contributed by atoms with Crippen molar-refractivity contribution < 1.29 is 20.1 Å². The average molecular weight is 265 g/mol. The van der Waals surface area contributed by atoms with Gasteiger partial charge in [0, 0.05) is 12.7 Å². The van der Waals surface area contributed by atoms with Gasteiger partial charge in [-0.1, -0.05) is 6.07 Å². The van der Waals surface area contributed by atoms with Gasteiger partial charge in [-0.25, -0.2) is 9.78 Å². The van der Waals surface area contributed by atoms with Gasteiger partial charge in [-0.2, -0.15) is 0 Å². The molecule has 1 unspecified atom stereocenters. The molecule has 0 aliphatic rings. The fourth-order valence-electron chi connectivity index (χ4n) is 1.65. The number of imidazole rings is 1. The summed E-state index contributed by atoms with van der Waals surface area (Å²) in [6, 6.07) is 5.14. The molecular formula is C12H15N3O4. The maximum atomic E-state index is 11.3. The van der Waals surface area contributed by atoms with Crippen molar-refractivity contribution in [3.8, 4) is 0 Å². The molecule has 0 aliphatic carbocycles. The number of aromatic carboxylic acids is 1. The summed E-state index contributed by atoms with van der Waals surface area (Å²) in [5.41, 5.74) is -0.860. The Labute approximate surface area is 109 Å². The molecule has 0 aliphatic heterocycles. The monoisotopic (exact) mass is 265 g/mol. The molecule has 1 atom stereocenters. The van der Waals surface area contributed by atoms with Gasteiger partial charge in [0.2, 0.25) is 0 Å². The third-order valence-electron chi connectivity index (χ3n) is 2.71. The summed E-state index contributed by atoms with van der Waals surface area (Å²) in [6.45, 7) is 1.000. The number of aromatic nitrogens is 2. The Morgan fingerprint density at radius 3 is 2.89 bits per heavy atom. The molecule has 0 fully saturated rings. The topological polar surface area (TPSA) is 107 Å². The van der Waals surface area contributed by atoms with E-state index in [1.807, 2.05) is 0 Å². The summed E-state index contributed by atoms with van der Waals surface area (Å²) < 4.78 is 1.44. The molecule has 2 aromatic heterocycles. The molecule has 102 valence electrons. The molecule has 2 rings (SSSR count). The predicted molar refractivity (Wildman–Crippen MR) is 68.4 cm³/mol. The van der Waals surface area contributed by atoms with E-state index in [9.17, 15) is 15.0 Å². The van der Waals surface area contributed by atoms with Crippen LogP contribution in [-0.2, 0) is 0 Å². The molecular weight excluding hydrogens is 250 g/mol. The summed E-state index contributed by atoms with van der Waals surface area (Å²) in [7, 11) is 0. The molecule has 0 amide bonds. The number of hydrogen-bond acceptors (Lipinski definition) is 5. The Kier molecular flexibility index (Phi) is 3.41. The van der Waals surface area contributed by atoms with Crippen LogP contribution in [0.2, 0.25) is 0 Å². The van der Waals surface area contributed by atoms with Gasteiger partial charge in [0.1, 0.15) is 11.2 Å². The largest absolute Gasteiger partial charge is 0.476 e. The van der Waals surface area contributed by atoms with Gasteiger partial charge in [0.05, 0.1) is 6.61 Å². The summed E-state index contributed by atoms with van der Waals surface area (Å²) in [5.74, 6) is -0.961. The SMILES string of the molecule is CC(O)(CO)CNc1nc2ccccn2c1C(=O)O. The third kappa shape index (κ3) is 2.67. The van der Waals surface area contributed by atoms with Crippen LogP contribution in [0.4, 0.5) is 5.82 Å². The van der Waals surface area contributed by atoms with Gasteiger partial charge in [0.15, 0.2) is 11.5 Å². The molecule has 7 heteroatoms. The van der Waals surface area contributed by atoms with Gasteiger partial charge in [-0.15, -0.1) is 0 Å². The van der Waals surface area contributed by atoms with Gasteiger partial charge < -0.3 is 20.6 Å². The number of rotatable bonds is 5. The van der Waals surface area contributed by atoms with Crippen LogP contribution in [0.1, 0.15) is 17.4 Å². The van der Waals surface area contributed by atoms with Crippen LogP contribution >= 0.6 is 0 Å². The lowest BCUT2D eigenvalue weighted by atomic mass is 10.1. The summed E-state index contributed by atoms with van der Waals surface area (Å²) >= 11 is 0. The van der Waals surface area contributed by atoms with Crippen molar-refractivity contribution >= 4 is 17.4 Å². The van der Waals surface area contributed by atoms with Gasteiger partial charge in [-0.3, -0.25) is 4.40 Å². The number of anilines is 1. The third-order valence-corrected chi connectivity index (χ3v) is 2.71. The molecule has 4 N–H and O–H groups in total. The fourth-order valence-corrected chi connectivity index (χ4v) is 1.65. The van der Waals surface area contributed by atoms with Gasteiger partial charge in [0.25, 0.3) is 0 Å². The number of carboxylic acid groups (broad SMARTS) is 1. The van der Waals surface area contributed by atoms with Crippen molar-refractivity contribution in [3.05, 3.63) is 30.1 Å². The number of pyridine rings is 1. The van der Waals surface area contributed by atoms with Crippen LogP contribution in [0.5, 0.6) is 0 Å². The highest BCUT2D eigenvalue weighted by Gasteiger charge is 2.23. The number of aliphatic hydroxyl groups is 2. The van der Waals surface area contributed by atoms with E-state index in [4.69, 9.17) is 5.11 Å². The average Bonchev–Trinajstić information content (AvgIpc) is 2.75. The van der Waals surface area contributed by atoms with E-state index < -0.39 is 18.2 Å². The van der Waals surface area contributed by atoms with E-state index in [0.29, 0.717) is 5.65 Å². The maximum absolute atomic E-state index is 11.3. The molecule has 0 spiro atoms. The van der Waals surface area contributed by atoms with E-state index in [0.717, 1.165) is 0 Å². The zero-order chi connectivity index (χ0) is 14.0. The van der Waals surface area contributed by atoms with E-state index in [1.165, 1.54) is 11.3 Å². The van der Waals surface area contributed by atoms with Gasteiger partial charge in [-0.05, 0) is 19.1 Å². The highest BCUT2D eigenvalue weighted by Crippen LogP contribution is 2.18. The van der Waals surface area contributed by atoms with Crippen LogP contribution in [0.25, 0.3) is 5.65 Å². The predicted octanol–water partition coefficient (Wildman–Crippen LogP) is 0.188. The Balaban J connectivity index is 2.37. The Morgan fingerprint density at radius 2 is 2.26 bits per heavy atom. The lowest BCUT2D eigenvalue weighted by Gasteiger charge is -2.20. The van der Waals surface area contributed by atoms with E-state index in [-0.39, 0.29) is 18.1 Å². The Bertz CT molecular complexity index is 606. The standard InChI is InChI=1S/C12H15N3O4/c1-12(19,7-16)6-13-10-9(11(17)18)15-5-3-2-4-8(15)14-10/h2-5,13,16,19H,6-7H2,1H3,(H,17,18). The molecule has 0 radical (unpaired) electrons. The van der Waals surface area contributed by atoms with Crippen LogP contribution in [0, 0.1) is 0 Å². The quantitative estimate of drug-likeness (QED) is 0.614. The number of nitrogens with zero attached hydrogens (tertiary/aromatic N) is 2. The minimum Gasteiger partial charge on any atom is -0.476 e. The van der Waals surface area contributed by atoms with Crippen LogP contribution in [-0.4, -0.2) is 49.4 Å². The molecule has 0 aromatic carbocycles. The first-order valence-corrected chi connectivity index (χ1v) is 5.72. The molecule has 2 heterocycles. The van der Waals surface area contributed by atoms with Crippen molar-refractivity contribution in [1.82, 2.24) is 9.38 Å². The van der Waals surface area contributed by atoms with E-state index >= 15 is 0 Å². The van der Waals surface area contributed by atoms with Gasteiger partial charge >= 0.3 is 5.97 Å². The normalized spacial score (nSPS) is 14.3. The van der Waals surface area contributed by atoms with Crippen LogP contribution in [0.3, 0.4) is 0 Å². The summed E-state index contributed by atoms with van der Waals surface area (Å²) in [4.78, 5) is 15.4. The highest BCUT2D eigenvalue weighted by molar-refractivity contribution is 5.92. The van der Waals surface area contributed by atoms with E-state index in [1.54, 1.807) is 24.4 Å². The van der Waals surface area contributed by atoms with Crippen LogP contribution < -0.4 is 5.32 Å². The lowest BCUT2D eigenvalue weighted by Crippen LogP contribution is -2.37. The zero-order valence-corrected chi connectivity index (χ0v) is 10.4. The minimum atomic E-state index is -1.34. The van der Waals surface area contributed by atoms with Crippen molar-refractivity contribution in [2.75, 3.05) is 18.5 Å². The minimum absolute atomic E-state index is 0.00629. The number of nitrogens with one attached hydrogen (secondary N) is 1.